The van der Waals surface area contributed by atoms with Crippen LogP contribution in [-0.4, -0.2) is 45.7 Å². The Bertz CT molecular complexity index is 583. The molecule has 0 aliphatic rings. The van der Waals surface area contributed by atoms with E-state index >= 15 is 0 Å². The molecule has 2 heterocycles. The Morgan fingerprint density at radius 3 is 2.86 bits per heavy atom. The van der Waals surface area contributed by atoms with Crippen LogP contribution in [0.5, 0.6) is 0 Å². The van der Waals surface area contributed by atoms with Gasteiger partial charge in [0.2, 0.25) is 11.7 Å². The number of hydrogen-bond acceptors (Lipinski definition) is 7. The minimum atomic E-state index is -0.298. The van der Waals surface area contributed by atoms with Crippen LogP contribution in [0.25, 0.3) is 11.5 Å². The third-order valence-electron chi connectivity index (χ3n) is 2.99. The van der Waals surface area contributed by atoms with Gasteiger partial charge in [-0.1, -0.05) is 11.2 Å². The molecule has 0 saturated carbocycles. The van der Waals surface area contributed by atoms with Crippen molar-refractivity contribution >= 4 is 5.97 Å². The van der Waals surface area contributed by atoms with Crippen molar-refractivity contribution in [2.45, 2.75) is 26.4 Å². The molecular formula is C14H18N4O3. The van der Waals surface area contributed by atoms with E-state index in [0.29, 0.717) is 24.0 Å². The molecule has 2 aromatic rings. The Balaban J connectivity index is 2.08. The smallest absolute Gasteiger partial charge is 0.319 e. The molecule has 0 amide bonds. The SMILES string of the molecule is COC(=O)CN(Cc1nc(-c2ccccn2)no1)C(C)C. The maximum absolute atomic E-state index is 11.4. The van der Waals surface area contributed by atoms with Crippen molar-refractivity contribution in [3.63, 3.8) is 0 Å². The standard InChI is InChI=1S/C14H18N4O3/c1-10(2)18(9-13(19)20-3)8-12-16-14(17-21-12)11-6-4-5-7-15-11/h4-7,10H,8-9H2,1-3H3. The number of carbonyl (C=O) groups excluding carboxylic acids is 1. The number of ether oxygens (including phenoxy) is 1. The highest BCUT2D eigenvalue weighted by molar-refractivity contribution is 5.71. The molecular weight excluding hydrogens is 272 g/mol. The van der Waals surface area contributed by atoms with E-state index in [-0.39, 0.29) is 18.6 Å². The van der Waals surface area contributed by atoms with Gasteiger partial charge in [-0.3, -0.25) is 14.7 Å². The summed E-state index contributed by atoms with van der Waals surface area (Å²) in [4.78, 5) is 21.8. The Morgan fingerprint density at radius 2 is 2.24 bits per heavy atom. The first-order chi connectivity index (χ1) is 10.1. The number of esters is 1. The van der Waals surface area contributed by atoms with Crippen molar-refractivity contribution in [2.75, 3.05) is 13.7 Å². The lowest BCUT2D eigenvalue weighted by Gasteiger charge is -2.22. The molecule has 0 atom stereocenters. The second-order valence-corrected chi connectivity index (χ2v) is 4.80. The Hall–Kier alpha value is -2.28. The second kappa shape index (κ2) is 6.94. The van der Waals surface area contributed by atoms with Gasteiger partial charge in [0.05, 0.1) is 20.2 Å². The largest absolute Gasteiger partial charge is 0.468 e. The zero-order chi connectivity index (χ0) is 15.2. The Labute approximate surface area is 122 Å². The molecule has 0 aliphatic heterocycles. The minimum Gasteiger partial charge on any atom is -0.468 e. The number of rotatable bonds is 6. The third kappa shape index (κ3) is 4.09. The summed E-state index contributed by atoms with van der Waals surface area (Å²) in [6, 6.07) is 5.63. The fourth-order valence-corrected chi connectivity index (χ4v) is 1.74. The van der Waals surface area contributed by atoms with E-state index in [1.54, 1.807) is 6.20 Å². The van der Waals surface area contributed by atoms with Crippen LogP contribution in [-0.2, 0) is 16.1 Å². The average molecular weight is 290 g/mol. The van der Waals surface area contributed by atoms with Crippen molar-refractivity contribution < 1.29 is 14.1 Å². The summed E-state index contributed by atoms with van der Waals surface area (Å²) < 4.78 is 9.91. The molecule has 0 unspecified atom stereocenters. The lowest BCUT2D eigenvalue weighted by atomic mass is 10.3. The Morgan fingerprint density at radius 1 is 1.43 bits per heavy atom. The normalized spacial score (nSPS) is 11.1. The molecule has 0 fully saturated rings. The van der Waals surface area contributed by atoms with E-state index in [9.17, 15) is 4.79 Å². The molecule has 21 heavy (non-hydrogen) atoms. The molecule has 0 N–H and O–H groups in total. The van der Waals surface area contributed by atoms with Crippen LogP contribution in [0.1, 0.15) is 19.7 Å². The fourth-order valence-electron chi connectivity index (χ4n) is 1.74. The first-order valence-corrected chi connectivity index (χ1v) is 6.65. The van der Waals surface area contributed by atoms with Gasteiger partial charge in [0, 0.05) is 12.2 Å². The number of aromatic nitrogens is 3. The summed E-state index contributed by atoms with van der Waals surface area (Å²) in [7, 11) is 1.37. The van der Waals surface area contributed by atoms with E-state index in [1.165, 1.54) is 7.11 Å². The van der Waals surface area contributed by atoms with Gasteiger partial charge >= 0.3 is 5.97 Å². The molecule has 0 radical (unpaired) electrons. The monoisotopic (exact) mass is 290 g/mol. The highest BCUT2D eigenvalue weighted by atomic mass is 16.5. The van der Waals surface area contributed by atoms with E-state index in [0.717, 1.165) is 0 Å². The molecule has 0 bridgehead atoms. The molecule has 7 nitrogen and oxygen atoms in total. The Kier molecular flexibility index (Phi) is 4.99. The first-order valence-electron chi connectivity index (χ1n) is 6.65. The molecule has 0 aliphatic carbocycles. The van der Waals surface area contributed by atoms with Gasteiger partial charge in [0.25, 0.3) is 0 Å². The van der Waals surface area contributed by atoms with Crippen LogP contribution in [0.15, 0.2) is 28.9 Å². The summed E-state index contributed by atoms with van der Waals surface area (Å²) in [5, 5.41) is 3.91. The van der Waals surface area contributed by atoms with Gasteiger partial charge in [0.15, 0.2) is 0 Å². The summed E-state index contributed by atoms with van der Waals surface area (Å²) in [6.07, 6.45) is 1.67. The molecule has 0 aromatic carbocycles. The number of methoxy groups -OCH3 is 1. The van der Waals surface area contributed by atoms with Crippen LogP contribution in [0, 0.1) is 0 Å². The maximum Gasteiger partial charge on any atom is 0.319 e. The first kappa shape index (κ1) is 15.1. The van der Waals surface area contributed by atoms with E-state index in [4.69, 9.17) is 4.52 Å². The van der Waals surface area contributed by atoms with Gasteiger partial charge in [-0.15, -0.1) is 0 Å². The summed E-state index contributed by atoms with van der Waals surface area (Å²) >= 11 is 0. The quantitative estimate of drug-likeness (QED) is 0.746. The highest BCUT2D eigenvalue weighted by Gasteiger charge is 2.18. The van der Waals surface area contributed by atoms with Gasteiger partial charge in [-0.2, -0.15) is 4.98 Å². The third-order valence-corrected chi connectivity index (χ3v) is 2.99. The van der Waals surface area contributed by atoms with E-state index in [2.05, 4.69) is 19.9 Å². The van der Waals surface area contributed by atoms with Gasteiger partial charge < -0.3 is 9.26 Å². The predicted octanol–water partition coefficient (Wildman–Crippen LogP) is 1.51. The van der Waals surface area contributed by atoms with Gasteiger partial charge in [-0.05, 0) is 26.0 Å². The average Bonchev–Trinajstić information content (AvgIpc) is 2.95. The predicted molar refractivity (Wildman–Crippen MR) is 75.1 cm³/mol. The summed E-state index contributed by atoms with van der Waals surface area (Å²) in [6.45, 7) is 4.53. The van der Waals surface area contributed by atoms with Crippen LogP contribution in [0.3, 0.4) is 0 Å². The summed E-state index contributed by atoms with van der Waals surface area (Å²) in [5.74, 6) is 0.578. The molecule has 112 valence electrons. The van der Waals surface area contributed by atoms with Crippen molar-refractivity contribution in [1.29, 1.82) is 0 Å². The van der Waals surface area contributed by atoms with Crippen molar-refractivity contribution in [1.82, 2.24) is 20.0 Å². The molecule has 0 saturated heterocycles. The van der Waals surface area contributed by atoms with Crippen LogP contribution in [0.2, 0.25) is 0 Å². The number of hydrogen-bond donors (Lipinski definition) is 0. The van der Waals surface area contributed by atoms with Crippen molar-refractivity contribution in [3.8, 4) is 11.5 Å². The number of carbonyl (C=O) groups is 1. The lowest BCUT2D eigenvalue weighted by Crippen LogP contribution is -2.35. The van der Waals surface area contributed by atoms with Gasteiger partial charge in [-0.25, -0.2) is 0 Å². The van der Waals surface area contributed by atoms with Crippen LogP contribution in [0.4, 0.5) is 0 Å². The maximum atomic E-state index is 11.4. The molecule has 0 spiro atoms. The highest BCUT2D eigenvalue weighted by Crippen LogP contribution is 2.14. The molecule has 7 heteroatoms. The topological polar surface area (TPSA) is 81.4 Å². The molecule has 2 rings (SSSR count). The molecule has 2 aromatic heterocycles. The zero-order valence-electron chi connectivity index (χ0n) is 12.3. The second-order valence-electron chi connectivity index (χ2n) is 4.80. The minimum absolute atomic E-state index is 0.148. The van der Waals surface area contributed by atoms with E-state index < -0.39 is 0 Å². The lowest BCUT2D eigenvalue weighted by molar-refractivity contribution is -0.142. The van der Waals surface area contributed by atoms with Crippen molar-refractivity contribution in [3.05, 3.63) is 30.3 Å². The fraction of sp³-hybridized carbons (Fsp3) is 0.429. The van der Waals surface area contributed by atoms with Crippen LogP contribution >= 0.6 is 0 Å². The van der Waals surface area contributed by atoms with Gasteiger partial charge in [0.1, 0.15) is 5.69 Å². The number of pyridine rings is 1. The summed E-state index contributed by atoms with van der Waals surface area (Å²) in [5.41, 5.74) is 0.650. The van der Waals surface area contributed by atoms with Crippen molar-refractivity contribution in [2.24, 2.45) is 0 Å². The van der Waals surface area contributed by atoms with Crippen LogP contribution < -0.4 is 0 Å². The zero-order valence-corrected chi connectivity index (χ0v) is 12.3. The number of nitrogens with zero attached hydrogens (tertiary/aromatic N) is 4. The van der Waals surface area contributed by atoms with E-state index in [1.807, 2.05) is 36.9 Å².